The lowest BCUT2D eigenvalue weighted by Crippen LogP contribution is -2.58. The Morgan fingerprint density at radius 3 is 2.52 bits per heavy atom. The molecule has 1 aromatic heterocycles. The number of aliphatic hydroxyl groups is 1. The number of hydrogen-bond acceptors (Lipinski definition) is 4. The Balaban J connectivity index is 1.49. The van der Waals surface area contributed by atoms with Crippen molar-refractivity contribution < 1.29 is 9.90 Å². The van der Waals surface area contributed by atoms with E-state index in [1.54, 1.807) is 4.90 Å². The highest BCUT2D eigenvalue weighted by Crippen LogP contribution is 2.35. The van der Waals surface area contributed by atoms with Gasteiger partial charge in [-0.1, -0.05) is 49.1 Å². The average Bonchev–Trinajstić information content (AvgIpc) is 3.12. The van der Waals surface area contributed by atoms with Crippen molar-refractivity contribution in [1.29, 1.82) is 0 Å². The first-order valence-electron chi connectivity index (χ1n) is 11.3. The summed E-state index contributed by atoms with van der Waals surface area (Å²) in [6, 6.07) is 14.1. The van der Waals surface area contributed by atoms with Gasteiger partial charge in [-0.25, -0.2) is 4.98 Å². The number of fused-ring (bicyclic) bond motifs is 3. The van der Waals surface area contributed by atoms with Crippen LogP contribution in [0, 0.1) is 23.7 Å². The maximum absolute atomic E-state index is 12.5. The highest BCUT2D eigenvalue weighted by molar-refractivity contribution is 5.96. The van der Waals surface area contributed by atoms with Crippen LogP contribution in [0.2, 0.25) is 0 Å². The standard InChI is InChI=1S/C26H29N3O2/c1-19-10-16-29(25(19)30)24-8-7-21(23(27-24)17-20-5-3-2-4-6-20)9-13-26(31)18-28-14-11-22(26)12-15-28/h2-8,19,22,31H,10-12,14-18H2,1H3/t19-,26+/m0/s1. The minimum absolute atomic E-state index is 0.0461. The summed E-state index contributed by atoms with van der Waals surface area (Å²) in [7, 11) is 0. The molecule has 5 heterocycles. The maximum Gasteiger partial charge on any atom is 0.231 e. The second-order valence-electron chi connectivity index (χ2n) is 9.23. The second-order valence-corrected chi connectivity index (χ2v) is 9.23. The summed E-state index contributed by atoms with van der Waals surface area (Å²) in [5.74, 6) is 7.63. The van der Waals surface area contributed by atoms with Crippen molar-refractivity contribution in [3.8, 4) is 11.8 Å². The number of nitrogens with zero attached hydrogens (tertiary/aromatic N) is 3. The molecule has 4 aliphatic rings. The summed E-state index contributed by atoms with van der Waals surface area (Å²) >= 11 is 0. The summed E-state index contributed by atoms with van der Waals surface area (Å²) in [5.41, 5.74) is 1.89. The Kier molecular flexibility index (Phi) is 5.29. The number of aromatic nitrogens is 1. The van der Waals surface area contributed by atoms with Crippen LogP contribution in [0.5, 0.6) is 0 Å². The van der Waals surface area contributed by atoms with Crippen molar-refractivity contribution in [3.05, 3.63) is 59.3 Å². The van der Waals surface area contributed by atoms with Crippen LogP contribution in [0.15, 0.2) is 42.5 Å². The highest BCUT2D eigenvalue weighted by atomic mass is 16.3. The normalized spacial score (nSPS) is 29.7. The SMILES string of the molecule is C[C@H]1CCN(c2ccc(C#C[C@@]3(O)CN4CCC3CC4)c(Cc3ccccc3)n2)C1=O. The molecule has 1 aromatic carbocycles. The van der Waals surface area contributed by atoms with Gasteiger partial charge in [0.05, 0.1) is 5.69 Å². The van der Waals surface area contributed by atoms with Gasteiger partial charge in [-0.2, -0.15) is 0 Å². The molecule has 0 saturated carbocycles. The maximum atomic E-state index is 12.5. The fraction of sp³-hybridized carbons (Fsp3) is 0.462. The van der Waals surface area contributed by atoms with Gasteiger partial charge in [0, 0.05) is 36.9 Å². The molecule has 6 rings (SSSR count). The zero-order valence-corrected chi connectivity index (χ0v) is 18.1. The van der Waals surface area contributed by atoms with E-state index in [9.17, 15) is 9.90 Å². The lowest BCUT2D eigenvalue weighted by Gasteiger charge is -2.47. The Morgan fingerprint density at radius 2 is 1.87 bits per heavy atom. The molecule has 5 nitrogen and oxygen atoms in total. The number of piperidine rings is 3. The molecule has 0 unspecified atom stereocenters. The average molecular weight is 416 g/mol. The molecule has 2 aromatic rings. The van der Waals surface area contributed by atoms with E-state index in [-0.39, 0.29) is 17.7 Å². The van der Waals surface area contributed by atoms with Crippen LogP contribution >= 0.6 is 0 Å². The van der Waals surface area contributed by atoms with Gasteiger partial charge in [-0.05, 0) is 50.0 Å². The third-order valence-corrected chi connectivity index (χ3v) is 7.06. The van der Waals surface area contributed by atoms with Crippen molar-refractivity contribution in [3.63, 3.8) is 0 Å². The quantitative estimate of drug-likeness (QED) is 0.784. The predicted octanol–water partition coefficient (Wildman–Crippen LogP) is 2.85. The van der Waals surface area contributed by atoms with Gasteiger partial charge in [0.15, 0.2) is 0 Å². The minimum Gasteiger partial charge on any atom is -0.376 e. The number of amides is 1. The molecule has 2 atom stereocenters. The number of anilines is 1. The van der Waals surface area contributed by atoms with Crippen molar-refractivity contribution in [1.82, 2.24) is 9.88 Å². The highest BCUT2D eigenvalue weighted by Gasteiger charge is 2.44. The van der Waals surface area contributed by atoms with Gasteiger partial charge in [0.25, 0.3) is 0 Å². The first-order valence-corrected chi connectivity index (χ1v) is 11.3. The third-order valence-electron chi connectivity index (χ3n) is 7.06. The van der Waals surface area contributed by atoms with Crippen LogP contribution in [0.3, 0.4) is 0 Å². The summed E-state index contributed by atoms with van der Waals surface area (Å²) in [6.45, 7) is 5.44. The number of carbonyl (C=O) groups is 1. The Labute approximate surface area is 184 Å². The minimum atomic E-state index is -0.945. The van der Waals surface area contributed by atoms with E-state index >= 15 is 0 Å². The summed E-state index contributed by atoms with van der Waals surface area (Å²) in [6.07, 6.45) is 3.52. The zero-order valence-electron chi connectivity index (χ0n) is 18.1. The molecule has 160 valence electrons. The first kappa shape index (κ1) is 20.2. The van der Waals surface area contributed by atoms with Gasteiger partial charge in [-0.15, -0.1) is 0 Å². The van der Waals surface area contributed by atoms with E-state index in [2.05, 4.69) is 28.9 Å². The molecule has 1 amide bonds. The number of pyridine rings is 1. The first-order chi connectivity index (χ1) is 15.0. The fourth-order valence-corrected chi connectivity index (χ4v) is 5.08. The molecule has 31 heavy (non-hydrogen) atoms. The molecular formula is C26H29N3O2. The Hall–Kier alpha value is -2.68. The smallest absolute Gasteiger partial charge is 0.231 e. The fourth-order valence-electron chi connectivity index (χ4n) is 5.08. The lowest BCUT2D eigenvalue weighted by atomic mass is 9.75. The van der Waals surface area contributed by atoms with E-state index in [4.69, 9.17) is 4.98 Å². The number of hydrogen-bond donors (Lipinski definition) is 1. The van der Waals surface area contributed by atoms with Crippen molar-refractivity contribution in [2.24, 2.45) is 11.8 Å². The zero-order chi connectivity index (χ0) is 21.4. The summed E-state index contributed by atoms with van der Waals surface area (Å²) in [5, 5.41) is 11.2. The van der Waals surface area contributed by atoms with Crippen LogP contribution in [0.25, 0.3) is 0 Å². The van der Waals surface area contributed by atoms with Crippen LogP contribution < -0.4 is 4.90 Å². The van der Waals surface area contributed by atoms with E-state index < -0.39 is 5.60 Å². The number of rotatable bonds is 3. The molecule has 0 aliphatic carbocycles. The van der Waals surface area contributed by atoms with Crippen LogP contribution in [-0.2, 0) is 11.2 Å². The van der Waals surface area contributed by atoms with Gasteiger partial charge >= 0.3 is 0 Å². The molecule has 5 heteroatoms. The molecule has 4 fully saturated rings. The van der Waals surface area contributed by atoms with Gasteiger partial charge in [0.2, 0.25) is 5.91 Å². The number of carbonyl (C=O) groups excluding carboxylic acids is 1. The predicted molar refractivity (Wildman–Crippen MR) is 121 cm³/mol. The van der Waals surface area contributed by atoms with Crippen molar-refractivity contribution in [2.45, 2.75) is 38.2 Å². The van der Waals surface area contributed by atoms with Gasteiger partial charge in [-0.3, -0.25) is 14.6 Å². The van der Waals surface area contributed by atoms with E-state index in [0.29, 0.717) is 25.3 Å². The topological polar surface area (TPSA) is 56.7 Å². The van der Waals surface area contributed by atoms with Gasteiger partial charge < -0.3 is 5.11 Å². The monoisotopic (exact) mass is 415 g/mol. The lowest BCUT2D eigenvalue weighted by molar-refractivity contribution is -0.119. The Bertz CT molecular complexity index is 1030. The van der Waals surface area contributed by atoms with Crippen LogP contribution in [0.4, 0.5) is 5.82 Å². The third kappa shape index (κ3) is 3.98. The van der Waals surface area contributed by atoms with E-state index in [1.165, 1.54) is 0 Å². The van der Waals surface area contributed by atoms with Gasteiger partial charge in [0.1, 0.15) is 11.4 Å². The second kappa shape index (κ2) is 8.11. The molecule has 4 saturated heterocycles. The van der Waals surface area contributed by atoms with Crippen LogP contribution in [0.1, 0.15) is 43.0 Å². The molecule has 0 spiro atoms. The summed E-state index contributed by atoms with van der Waals surface area (Å²) < 4.78 is 0. The van der Waals surface area contributed by atoms with E-state index in [1.807, 2.05) is 37.3 Å². The number of benzene rings is 1. The van der Waals surface area contributed by atoms with E-state index in [0.717, 1.165) is 49.2 Å². The van der Waals surface area contributed by atoms with Crippen molar-refractivity contribution >= 4 is 11.7 Å². The largest absolute Gasteiger partial charge is 0.376 e. The molecule has 1 N–H and O–H groups in total. The molecule has 4 aliphatic heterocycles. The Morgan fingerprint density at radius 1 is 1.10 bits per heavy atom. The van der Waals surface area contributed by atoms with Crippen LogP contribution in [-0.4, -0.2) is 52.7 Å². The summed E-state index contributed by atoms with van der Waals surface area (Å²) in [4.78, 5) is 21.5. The molecular weight excluding hydrogens is 386 g/mol. The molecule has 2 bridgehead atoms. The van der Waals surface area contributed by atoms with Crippen molar-refractivity contribution in [2.75, 3.05) is 31.1 Å². The molecule has 0 radical (unpaired) electrons.